The van der Waals surface area contributed by atoms with Crippen LogP contribution >= 0.6 is 0 Å². The van der Waals surface area contributed by atoms with Crippen LogP contribution in [0.15, 0.2) is 52.5 Å². The smallest absolute Gasteiger partial charge is 0.316 e. The quantitative estimate of drug-likeness (QED) is 0.747. The van der Waals surface area contributed by atoms with Crippen LogP contribution in [0.2, 0.25) is 0 Å². The van der Waals surface area contributed by atoms with Gasteiger partial charge in [0.25, 0.3) is 0 Å². The summed E-state index contributed by atoms with van der Waals surface area (Å²) in [5.74, 6) is -0.363. The van der Waals surface area contributed by atoms with Gasteiger partial charge in [0.2, 0.25) is 10.0 Å². The van der Waals surface area contributed by atoms with Gasteiger partial charge in [0.15, 0.2) is 0 Å². The van der Waals surface area contributed by atoms with E-state index in [-0.39, 0.29) is 11.9 Å². The van der Waals surface area contributed by atoms with E-state index < -0.39 is 15.4 Å². The van der Waals surface area contributed by atoms with Gasteiger partial charge in [0.05, 0.1) is 17.4 Å². The van der Waals surface area contributed by atoms with Gasteiger partial charge in [0.1, 0.15) is 0 Å². The van der Waals surface area contributed by atoms with Gasteiger partial charge >= 0.3 is 5.97 Å². The topological polar surface area (TPSA) is 63.7 Å². The van der Waals surface area contributed by atoms with Crippen LogP contribution in [-0.4, -0.2) is 38.9 Å². The van der Waals surface area contributed by atoms with Gasteiger partial charge in [-0.05, 0) is 44.7 Å². The minimum Gasteiger partial charge on any atom is -0.468 e. The minimum atomic E-state index is -3.58. The fraction of sp³-hybridized carbons (Fsp3) is 0.476. The first kappa shape index (κ1) is 18.4. The zero-order valence-electron chi connectivity index (χ0n) is 15.8. The molecule has 0 spiro atoms. The molecule has 1 aliphatic heterocycles. The van der Waals surface area contributed by atoms with Crippen molar-refractivity contribution in [3.63, 3.8) is 0 Å². The second kappa shape index (κ2) is 6.60. The number of aryl methyl sites for hydroxylation is 1. The zero-order valence-corrected chi connectivity index (χ0v) is 16.6. The number of fused-ring (bicyclic) bond motifs is 3. The van der Waals surface area contributed by atoms with Crippen molar-refractivity contribution in [1.82, 2.24) is 4.31 Å². The highest BCUT2D eigenvalue weighted by Crippen LogP contribution is 2.55. The Balaban J connectivity index is 1.70. The first-order valence-electron chi connectivity index (χ1n) is 9.45. The van der Waals surface area contributed by atoms with Crippen molar-refractivity contribution in [3.8, 4) is 0 Å². The van der Waals surface area contributed by atoms with Gasteiger partial charge in [-0.15, -0.1) is 0 Å². The van der Waals surface area contributed by atoms with Gasteiger partial charge < -0.3 is 4.74 Å². The van der Waals surface area contributed by atoms with Crippen molar-refractivity contribution in [3.05, 3.63) is 53.1 Å². The third-order valence-electron chi connectivity index (χ3n) is 6.38. The minimum absolute atomic E-state index is 0.138. The van der Waals surface area contributed by atoms with E-state index in [0.717, 1.165) is 30.4 Å². The molecule has 1 aromatic rings. The Labute approximate surface area is 160 Å². The Kier molecular flexibility index (Phi) is 4.51. The molecule has 2 fully saturated rings. The Morgan fingerprint density at radius 2 is 1.93 bits per heavy atom. The van der Waals surface area contributed by atoms with Crippen LogP contribution in [0.1, 0.15) is 31.2 Å². The maximum Gasteiger partial charge on any atom is 0.316 e. The maximum atomic E-state index is 13.2. The molecule has 4 rings (SSSR count). The molecule has 3 aliphatic rings. The third-order valence-corrected chi connectivity index (χ3v) is 8.26. The first-order chi connectivity index (χ1) is 12.9. The van der Waals surface area contributed by atoms with Crippen molar-refractivity contribution in [2.75, 3.05) is 20.2 Å². The van der Waals surface area contributed by atoms with E-state index in [2.05, 4.69) is 12.2 Å². The van der Waals surface area contributed by atoms with Gasteiger partial charge in [-0.3, -0.25) is 4.79 Å². The molecule has 1 saturated carbocycles. The largest absolute Gasteiger partial charge is 0.468 e. The van der Waals surface area contributed by atoms with Crippen molar-refractivity contribution in [1.29, 1.82) is 0 Å². The lowest BCUT2D eigenvalue weighted by atomic mass is 9.64. The summed E-state index contributed by atoms with van der Waals surface area (Å²) in [4.78, 5) is 13.1. The molecule has 144 valence electrons. The highest BCUT2D eigenvalue weighted by Gasteiger charge is 2.55. The summed E-state index contributed by atoms with van der Waals surface area (Å²) in [6.45, 7) is 2.71. The summed E-state index contributed by atoms with van der Waals surface area (Å²) in [5, 5.41) is 0. The summed E-state index contributed by atoms with van der Waals surface area (Å²) >= 11 is 0. The van der Waals surface area contributed by atoms with E-state index >= 15 is 0 Å². The normalized spacial score (nSPS) is 28.0. The van der Waals surface area contributed by atoms with Crippen LogP contribution in [0.3, 0.4) is 0 Å². The number of methoxy groups -OCH3 is 1. The van der Waals surface area contributed by atoms with E-state index in [1.54, 1.807) is 16.4 Å². The molecule has 0 radical (unpaired) electrons. The molecular formula is C21H25NO4S. The van der Waals surface area contributed by atoms with Gasteiger partial charge in [-0.1, -0.05) is 41.0 Å². The summed E-state index contributed by atoms with van der Waals surface area (Å²) < 4.78 is 33.1. The summed E-state index contributed by atoms with van der Waals surface area (Å²) in [7, 11) is -2.16. The van der Waals surface area contributed by atoms with Crippen molar-refractivity contribution >= 4 is 16.0 Å². The zero-order chi connectivity index (χ0) is 19.2. The molecule has 1 heterocycles. The monoisotopic (exact) mass is 387 g/mol. The molecule has 27 heavy (non-hydrogen) atoms. The van der Waals surface area contributed by atoms with Gasteiger partial charge in [-0.2, -0.15) is 4.31 Å². The summed E-state index contributed by atoms with van der Waals surface area (Å²) in [5.41, 5.74) is 2.59. The molecule has 2 aliphatic carbocycles. The van der Waals surface area contributed by atoms with Gasteiger partial charge in [0, 0.05) is 19.0 Å². The van der Waals surface area contributed by atoms with Crippen LogP contribution in [0.4, 0.5) is 0 Å². The number of hydrogen-bond donors (Lipinski definition) is 0. The highest BCUT2D eigenvalue weighted by molar-refractivity contribution is 7.89. The van der Waals surface area contributed by atoms with Crippen LogP contribution in [0.5, 0.6) is 0 Å². The number of carbonyl (C=O) groups excluding carboxylic acids is 1. The number of esters is 1. The molecule has 0 amide bonds. The van der Waals surface area contributed by atoms with E-state index in [0.29, 0.717) is 24.4 Å². The number of sulfonamides is 1. The highest BCUT2D eigenvalue weighted by atomic mass is 32.2. The third kappa shape index (κ3) is 2.77. The Morgan fingerprint density at radius 1 is 1.19 bits per heavy atom. The molecule has 1 saturated heterocycles. The Bertz CT molecular complexity index is 929. The van der Waals surface area contributed by atoms with Crippen molar-refractivity contribution < 1.29 is 17.9 Å². The van der Waals surface area contributed by atoms with Crippen LogP contribution in [0.25, 0.3) is 0 Å². The summed E-state index contributed by atoms with van der Waals surface area (Å²) in [6.07, 6.45) is 7.36. The second-order valence-corrected chi connectivity index (χ2v) is 9.67. The van der Waals surface area contributed by atoms with E-state index in [1.807, 2.05) is 19.1 Å². The summed E-state index contributed by atoms with van der Waals surface area (Å²) in [6, 6.07) is 6.95. The van der Waals surface area contributed by atoms with Crippen molar-refractivity contribution in [2.45, 2.75) is 37.5 Å². The van der Waals surface area contributed by atoms with Crippen LogP contribution in [0, 0.1) is 18.3 Å². The first-order valence-corrected chi connectivity index (χ1v) is 10.9. The molecule has 0 unspecified atom stereocenters. The number of carbonyl (C=O) groups is 1. The Morgan fingerprint density at radius 3 is 2.63 bits per heavy atom. The number of hydrogen-bond acceptors (Lipinski definition) is 4. The van der Waals surface area contributed by atoms with Crippen LogP contribution in [-0.2, 0) is 19.6 Å². The molecule has 5 nitrogen and oxygen atoms in total. The molecule has 1 aromatic carbocycles. The Hall–Kier alpha value is -1.92. The molecule has 0 aromatic heterocycles. The average molecular weight is 388 g/mol. The van der Waals surface area contributed by atoms with Crippen LogP contribution < -0.4 is 0 Å². The molecule has 0 N–H and O–H groups in total. The van der Waals surface area contributed by atoms with E-state index in [4.69, 9.17) is 4.74 Å². The predicted octanol–water partition coefficient (Wildman–Crippen LogP) is 3.22. The number of benzene rings is 1. The molecule has 6 heteroatoms. The molecule has 0 bridgehead atoms. The fourth-order valence-corrected chi connectivity index (χ4v) is 6.38. The average Bonchev–Trinajstić information content (AvgIpc) is 3.12. The molecule has 2 atom stereocenters. The van der Waals surface area contributed by atoms with E-state index in [1.165, 1.54) is 12.7 Å². The van der Waals surface area contributed by atoms with Crippen molar-refractivity contribution in [2.24, 2.45) is 11.3 Å². The lowest BCUT2D eigenvalue weighted by molar-refractivity contribution is -0.153. The lowest BCUT2D eigenvalue weighted by Gasteiger charge is -2.45. The standard InChI is InChI=1S/C21H25NO4S/c1-15-5-9-18(10-6-15)27(24,25)22-13-11-16-7-8-17-4-3-12-21(17,19(16)14-22)20(23)26-2/h5-10,19H,3-4,11-14H2,1-2H3/t19-,21-/m1/s1. The second-order valence-electron chi connectivity index (χ2n) is 7.73. The maximum absolute atomic E-state index is 13.2. The number of ether oxygens (including phenoxy) is 1. The SMILES string of the molecule is COC(=O)[C@]12CCCC1=CC=C1CCN(S(=O)(=O)c3ccc(C)cc3)C[C@H]12. The van der Waals surface area contributed by atoms with E-state index in [9.17, 15) is 13.2 Å². The fourth-order valence-electron chi connectivity index (χ4n) is 4.93. The number of piperidine rings is 1. The predicted molar refractivity (Wildman–Crippen MR) is 103 cm³/mol. The number of nitrogens with zero attached hydrogens (tertiary/aromatic N) is 1. The number of allylic oxidation sites excluding steroid dienone is 2. The van der Waals surface area contributed by atoms with Gasteiger partial charge in [-0.25, -0.2) is 8.42 Å². The lowest BCUT2D eigenvalue weighted by Crippen LogP contribution is -2.51. The molecular weight excluding hydrogens is 362 g/mol. The number of rotatable bonds is 3.